The van der Waals surface area contributed by atoms with Crippen molar-refractivity contribution < 1.29 is 94.7 Å². The molecule has 0 atom stereocenters. The third-order valence-corrected chi connectivity index (χ3v) is 0. The maximum atomic E-state index is 0. The second-order valence-electron chi connectivity index (χ2n) is 0. The molecule has 0 amide bonds. The Balaban J connectivity index is 0. The zero-order chi connectivity index (χ0) is 0. The van der Waals surface area contributed by atoms with Crippen LogP contribution in [0.1, 0.15) is 2.85 Å². The van der Waals surface area contributed by atoms with Gasteiger partial charge in [-0.05, 0) is 0 Å². The van der Waals surface area contributed by atoms with E-state index in [1.807, 2.05) is 0 Å². The second-order valence-corrected chi connectivity index (χ2v) is 0. The topological polar surface area (TPSA) is 60.0 Å². The van der Waals surface area contributed by atoms with Crippen LogP contribution in [0, 0.1) is 0 Å². The van der Waals surface area contributed by atoms with Gasteiger partial charge in [0.05, 0.1) is 0 Å². The first-order valence-electron chi connectivity index (χ1n) is 0. The van der Waals surface area contributed by atoms with Gasteiger partial charge in [0.15, 0.2) is 0 Å². The molecule has 0 spiro atoms. The fourth-order valence-electron chi connectivity index (χ4n) is 0. The molecule has 0 radical (unpaired) electrons. The largest absolute Gasteiger partial charge is 2.00 e. The minimum Gasteiger partial charge on any atom is -1.00 e. The van der Waals surface area contributed by atoms with Gasteiger partial charge in [-0.1, -0.05) is 0 Å². The Bertz CT molecular complexity index is 15.7. The van der Waals surface area contributed by atoms with E-state index in [0.29, 0.717) is 0 Å². The van der Waals surface area contributed by atoms with Crippen LogP contribution in [-0.2, 0) is 0 Å². The van der Waals surface area contributed by atoms with Crippen molar-refractivity contribution in [3.05, 3.63) is 0 Å². The molecule has 0 saturated heterocycles. The summed E-state index contributed by atoms with van der Waals surface area (Å²) < 4.78 is 0. The quantitative estimate of drug-likeness (QED) is 0.312. The summed E-state index contributed by atoms with van der Waals surface area (Å²) in [5.41, 5.74) is 0. The molecule has 2 N–H and O–H groups in total. The van der Waals surface area contributed by atoms with Gasteiger partial charge in [0.1, 0.15) is 0 Å². The summed E-state index contributed by atoms with van der Waals surface area (Å²) in [6.07, 6.45) is 0. The molecule has 0 saturated carbocycles. The first-order valence-corrected chi connectivity index (χ1v) is 0. The molecule has 2 nitrogen and oxygen atoms in total. The molecular formula is H4CaKNaO2. The van der Waals surface area contributed by atoms with Crippen LogP contribution in [0.2, 0.25) is 0 Å². The van der Waals surface area contributed by atoms with Crippen molar-refractivity contribution in [1.82, 2.24) is 0 Å². The zero-order valence-electron chi connectivity index (χ0n) is 5.60. The van der Waals surface area contributed by atoms with Crippen LogP contribution in [0.3, 0.4) is 0 Å². The van der Waals surface area contributed by atoms with E-state index in [2.05, 4.69) is 0 Å². The van der Waals surface area contributed by atoms with Crippen LogP contribution in [0.5, 0.6) is 0 Å². The van der Waals surface area contributed by atoms with Gasteiger partial charge in [-0.15, -0.1) is 0 Å². The predicted molar refractivity (Wildman–Crippen MR) is 11.8 cm³/mol. The summed E-state index contributed by atoms with van der Waals surface area (Å²) in [5.74, 6) is 0. The van der Waals surface area contributed by atoms with E-state index in [9.17, 15) is 0 Å². The normalized spacial score (nSPS) is 0. The predicted octanol–water partition coefficient (Wildman–Crippen LogP) is -6.50. The van der Waals surface area contributed by atoms with Crippen molar-refractivity contribution in [2.45, 2.75) is 0 Å². The molecule has 0 rings (SSSR count). The van der Waals surface area contributed by atoms with Crippen molar-refractivity contribution in [1.29, 1.82) is 0 Å². The summed E-state index contributed by atoms with van der Waals surface area (Å²) in [7, 11) is 0. The standard InChI is InChI=1S/Ca.K.Na.2H2O.2H/h;;;2*1H2;;/q+2;2*+1;;;2*-1/p-2. The fourth-order valence-corrected chi connectivity index (χ4v) is 0. The summed E-state index contributed by atoms with van der Waals surface area (Å²) >= 11 is 0. The van der Waals surface area contributed by atoms with E-state index >= 15 is 0 Å². The monoisotopic (exact) mass is 138 g/mol. The SMILES string of the molecule is [Ca+2].[H-].[H-].[K+].[Na+].[OH-].[OH-]. The Hall–Kier alpha value is 3.82. The molecule has 0 aromatic rings. The van der Waals surface area contributed by atoms with Gasteiger partial charge in [-0.3, -0.25) is 0 Å². The van der Waals surface area contributed by atoms with Gasteiger partial charge < -0.3 is 13.8 Å². The van der Waals surface area contributed by atoms with Crippen molar-refractivity contribution >= 4 is 37.7 Å². The average molecular weight is 138 g/mol. The Morgan fingerprint density at radius 3 is 1.00 bits per heavy atom. The molecule has 0 aliphatic heterocycles. The minimum atomic E-state index is 0. The van der Waals surface area contributed by atoms with Crippen molar-refractivity contribution in [3.63, 3.8) is 0 Å². The average Bonchev–Trinajstić information content (AvgIpc) is 0. The van der Waals surface area contributed by atoms with E-state index in [1.165, 1.54) is 0 Å². The van der Waals surface area contributed by atoms with Crippen LogP contribution >= 0.6 is 0 Å². The van der Waals surface area contributed by atoms with Gasteiger partial charge in [0, 0.05) is 0 Å². The van der Waals surface area contributed by atoms with Crippen LogP contribution in [0.4, 0.5) is 0 Å². The summed E-state index contributed by atoms with van der Waals surface area (Å²) in [4.78, 5) is 0. The molecule has 0 aliphatic rings. The van der Waals surface area contributed by atoms with Crippen LogP contribution in [0.25, 0.3) is 0 Å². The molecule has 0 aliphatic carbocycles. The fraction of sp³-hybridized carbons (Fsp3) is 0. The maximum Gasteiger partial charge on any atom is 2.00 e. The molecule has 0 unspecified atom stereocenters. The summed E-state index contributed by atoms with van der Waals surface area (Å²) in [5, 5.41) is 0. The molecule has 0 heterocycles. The van der Waals surface area contributed by atoms with E-state index < -0.39 is 0 Å². The first-order chi connectivity index (χ1) is 0. The molecule has 20 valence electrons. The molecule has 0 aromatic heterocycles. The molecule has 0 aromatic carbocycles. The van der Waals surface area contributed by atoms with E-state index in [-0.39, 0.29) is 132 Å². The Morgan fingerprint density at radius 2 is 1.00 bits per heavy atom. The molecule has 5 heteroatoms. The van der Waals surface area contributed by atoms with Crippen LogP contribution in [-0.4, -0.2) is 48.7 Å². The minimum absolute atomic E-state index is 0. The molecule has 0 fully saturated rings. The number of hydrogen-bond donors (Lipinski definition) is 0. The molecule has 0 bridgehead atoms. The van der Waals surface area contributed by atoms with Crippen molar-refractivity contribution in [2.24, 2.45) is 0 Å². The Morgan fingerprint density at radius 1 is 1.00 bits per heavy atom. The zero-order valence-corrected chi connectivity index (χ0v) is 10.9. The third-order valence-electron chi connectivity index (χ3n) is 0. The van der Waals surface area contributed by atoms with E-state index in [1.54, 1.807) is 0 Å². The second kappa shape index (κ2) is 24.9. The third kappa shape index (κ3) is 18.2. The number of hydrogen-bond acceptors (Lipinski definition) is 2. The van der Waals surface area contributed by atoms with Gasteiger partial charge in [0.25, 0.3) is 0 Å². The Kier molecular flexibility index (Phi) is 184. The van der Waals surface area contributed by atoms with Gasteiger partial charge in [-0.25, -0.2) is 0 Å². The summed E-state index contributed by atoms with van der Waals surface area (Å²) in [6.45, 7) is 0. The Labute approximate surface area is 129 Å². The maximum absolute atomic E-state index is 0. The van der Waals surface area contributed by atoms with Crippen molar-refractivity contribution in [3.8, 4) is 0 Å². The smallest absolute Gasteiger partial charge is 1.00 e. The van der Waals surface area contributed by atoms with Crippen LogP contribution < -0.4 is 80.9 Å². The van der Waals surface area contributed by atoms with Gasteiger partial charge >= 0.3 is 119 Å². The van der Waals surface area contributed by atoms with Gasteiger partial charge in [-0.2, -0.15) is 0 Å². The summed E-state index contributed by atoms with van der Waals surface area (Å²) in [6, 6.07) is 0. The molecule has 5 heavy (non-hydrogen) atoms. The van der Waals surface area contributed by atoms with E-state index in [4.69, 9.17) is 0 Å². The number of rotatable bonds is 0. The first kappa shape index (κ1) is 37.0. The van der Waals surface area contributed by atoms with Crippen molar-refractivity contribution in [2.75, 3.05) is 0 Å². The van der Waals surface area contributed by atoms with Crippen LogP contribution in [0.15, 0.2) is 0 Å². The van der Waals surface area contributed by atoms with E-state index in [0.717, 1.165) is 0 Å². The van der Waals surface area contributed by atoms with Gasteiger partial charge in [0.2, 0.25) is 0 Å². The molecular weight excluding hydrogens is 134 g/mol.